The minimum Gasteiger partial charge on any atom is -0.446 e. The molecule has 0 fully saturated rings. The van der Waals surface area contributed by atoms with Crippen molar-refractivity contribution in [2.75, 3.05) is 5.32 Å². The maximum atomic E-state index is 12.4. The lowest BCUT2D eigenvalue weighted by molar-refractivity contribution is 0.102. The van der Waals surface area contributed by atoms with Gasteiger partial charge < -0.3 is 20.5 Å². The van der Waals surface area contributed by atoms with E-state index in [2.05, 4.69) is 22.2 Å². The van der Waals surface area contributed by atoms with Crippen LogP contribution in [0, 0.1) is 0 Å². The number of H-pyrrole nitrogens is 1. The number of hydrogen-bond acceptors (Lipinski definition) is 4. The molecule has 6 nitrogen and oxygen atoms in total. The second-order valence-corrected chi connectivity index (χ2v) is 6.75. The third-order valence-corrected chi connectivity index (χ3v) is 4.81. The van der Waals surface area contributed by atoms with Crippen LogP contribution in [0.1, 0.15) is 40.5 Å². The molecular formula is C22H22N4O2. The van der Waals surface area contributed by atoms with Crippen LogP contribution in [0.5, 0.6) is 0 Å². The van der Waals surface area contributed by atoms with Gasteiger partial charge in [0.2, 0.25) is 5.89 Å². The summed E-state index contributed by atoms with van der Waals surface area (Å²) in [7, 11) is 0. The molecule has 0 aliphatic carbocycles. The molecule has 1 amide bonds. The average Bonchev–Trinajstić information content (AvgIpc) is 3.37. The highest BCUT2D eigenvalue weighted by atomic mass is 16.3. The molecule has 0 bridgehead atoms. The molecule has 2 heterocycles. The molecule has 0 radical (unpaired) electrons. The van der Waals surface area contributed by atoms with Crippen LogP contribution < -0.4 is 11.1 Å². The molecule has 28 heavy (non-hydrogen) atoms. The van der Waals surface area contributed by atoms with Crippen molar-refractivity contribution in [3.05, 3.63) is 83.7 Å². The number of para-hydroxylation sites is 1. The molecule has 1 unspecified atom stereocenters. The number of nitrogens with one attached hydrogen (secondary N) is 2. The Morgan fingerprint density at radius 1 is 1.21 bits per heavy atom. The van der Waals surface area contributed by atoms with Gasteiger partial charge in [-0.15, -0.1) is 0 Å². The van der Waals surface area contributed by atoms with Crippen molar-refractivity contribution in [1.82, 2.24) is 9.97 Å². The summed E-state index contributed by atoms with van der Waals surface area (Å²) in [6.45, 7) is 2.09. The van der Waals surface area contributed by atoms with E-state index < -0.39 is 6.04 Å². The van der Waals surface area contributed by atoms with Crippen molar-refractivity contribution < 1.29 is 9.21 Å². The first-order valence-electron chi connectivity index (χ1n) is 9.30. The molecule has 0 aliphatic rings. The summed E-state index contributed by atoms with van der Waals surface area (Å²) in [6.07, 6.45) is 4.81. The molecule has 0 saturated carbocycles. The van der Waals surface area contributed by atoms with Gasteiger partial charge in [0, 0.05) is 22.8 Å². The number of hydrogen-bond donors (Lipinski definition) is 3. The van der Waals surface area contributed by atoms with Crippen LogP contribution in [0.3, 0.4) is 0 Å². The Morgan fingerprint density at radius 3 is 2.79 bits per heavy atom. The normalized spacial score (nSPS) is 12.2. The lowest BCUT2D eigenvalue weighted by Gasteiger charge is -2.06. The molecule has 0 aliphatic heterocycles. The lowest BCUT2D eigenvalue weighted by Crippen LogP contribution is -2.16. The highest BCUT2D eigenvalue weighted by Gasteiger charge is 2.19. The fraction of sp³-hybridized carbons (Fsp3) is 0.182. The quantitative estimate of drug-likeness (QED) is 0.471. The standard InChI is InChI=1S/C22H22N4O2/c1-2-14-7-9-16(10-8-14)25-21(27)20-13-28-22(26-20)18(23)11-15-12-24-19-6-4-3-5-17(15)19/h3-10,12-13,18,24H,2,11,23H2,1H3,(H,25,27). The van der Waals surface area contributed by atoms with E-state index in [1.165, 1.54) is 11.8 Å². The smallest absolute Gasteiger partial charge is 0.277 e. The lowest BCUT2D eigenvalue weighted by atomic mass is 10.1. The van der Waals surface area contributed by atoms with Crippen molar-refractivity contribution in [3.63, 3.8) is 0 Å². The Balaban J connectivity index is 1.44. The van der Waals surface area contributed by atoms with Gasteiger partial charge in [0.1, 0.15) is 6.26 Å². The number of rotatable bonds is 6. The minimum atomic E-state index is -0.440. The summed E-state index contributed by atoms with van der Waals surface area (Å²) in [5.41, 5.74) is 10.6. The zero-order chi connectivity index (χ0) is 19.5. The van der Waals surface area contributed by atoms with Gasteiger partial charge >= 0.3 is 0 Å². The predicted molar refractivity (Wildman–Crippen MR) is 109 cm³/mol. The summed E-state index contributed by atoms with van der Waals surface area (Å²) >= 11 is 0. The number of carbonyl (C=O) groups excluding carboxylic acids is 1. The summed E-state index contributed by atoms with van der Waals surface area (Å²) in [5.74, 6) is 0.0234. The molecule has 4 rings (SSSR count). The van der Waals surface area contributed by atoms with Gasteiger partial charge in [0.15, 0.2) is 5.69 Å². The van der Waals surface area contributed by atoms with E-state index in [-0.39, 0.29) is 11.6 Å². The topological polar surface area (TPSA) is 96.9 Å². The number of anilines is 1. The van der Waals surface area contributed by atoms with Crippen molar-refractivity contribution in [2.24, 2.45) is 5.73 Å². The predicted octanol–water partition coefficient (Wildman–Crippen LogP) is 4.21. The first-order valence-corrected chi connectivity index (χ1v) is 9.30. The van der Waals surface area contributed by atoms with Gasteiger partial charge in [0.05, 0.1) is 6.04 Å². The van der Waals surface area contributed by atoms with Gasteiger partial charge in [0.25, 0.3) is 5.91 Å². The highest BCUT2D eigenvalue weighted by molar-refractivity contribution is 6.02. The third-order valence-electron chi connectivity index (χ3n) is 4.81. The molecule has 6 heteroatoms. The van der Waals surface area contributed by atoms with Crippen molar-refractivity contribution in [2.45, 2.75) is 25.8 Å². The molecule has 4 aromatic rings. The van der Waals surface area contributed by atoms with Crippen LogP contribution >= 0.6 is 0 Å². The van der Waals surface area contributed by atoms with Gasteiger partial charge in [-0.05, 0) is 42.2 Å². The first-order chi connectivity index (χ1) is 13.6. The Labute approximate surface area is 162 Å². The summed E-state index contributed by atoms with van der Waals surface area (Å²) in [4.78, 5) is 19.9. The van der Waals surface area contributed by atoms with E-state index in [0.29, 0.717) is 12.3 Å². The van der Waals surface area contributed by atoms with Gasteiger partial charge in [-0.2, -0.15) is 0 Å². The summed E-state index contributed by atoms with van der Waals surface area (Å²) in [5, 5.41) is 3.95. The summed E-state index contributed by atoms with van der Waals surface area (Å²) in [6, 6.07) is 15.3. The van der Waals surface area contributed by atoms with Crippen molar-refractivity contribution in [3.8, 4) is 0 Å². The Morgan fingerprint density at radius 2 is 2.00 bits per heavy atom. The van der Waals surface area contributed by atoms with E-state index >= 15 is 0 Å². The maximum absolute atomic E-state index is 12.4. The van der Waals surface area contributed by atoms with Gasteiger partial charge in [-0.3, -0.25) is 4.79 Å². The Kier molecular flexibility index (Phi) is 4.95. The Bertz CT molecular complexity index is 1100. The molecule has 2 aromatic carbocycles. The van der Waals surface area contributed by atoms with Crippen LogP contribution in [-0.4, -0.2) is 15.9 Å². The molecule has 0 saturated heterocycles. The number of carbonyl (C=O) groups is 1. The number of amides is 1. The monoisotopic (exact) mass is 374 g/mol. The maximum Gasteiger partial charge on any atom is 0.277 e. The van der Waals surface area contributed by atoms with E-state index in [1.807, 2.05) is 54.7 Å². The fourth-order valence-corrected chi connectivity index (χ4v) is 3.21. The number of aromatic amines is 1. The number of nitrogens with zero attached hydrogens (tertiary/aromatic N) is 1. The molecular weight excluding hydrogens is 352 g/mol. The van der Waals surface area contributed by atoms with Crippen LogP contribution in [0.25, 0.3) is 10.9 Å². The highest BCUT2D eigenvalue weighted by Crippen LogP contribution is 2.23. The minimum absolute atomic E-state index is 0.212. The van der Waals surface area contributed by atoms with E-state index in [1.54, 1.807) is 0 Å². The number of aryl methyl sites for hydroxylation is 1. The Hall–Kier alpha value is -3.38. The zero-order valence-corrected chi connectivity index (χ0v) is 15.6. The molecule has 142 valence electrons. The molecule has 0 spiro atoms. The average molecular weight is 374 g/mol. The zero-order valence-electron chi connectivity index (χ0n) is 15.6. The van der Waals surface area contributed by atoms with Crippen LogP contribution in [0.2, 0.25) is 0 Å². The van der Waals surface area contributed by atoms with Crippen LogP contribution in [0.4, 0.5) is 5.69 Å². The number of benzene rings is 2. The first kappa shape index (κ1) is 18.0. The molecule has 2 aromatic heterocycles. The number of fused-ring (bicyclic) bond motifs is 1. The third kappa shape index (κ3) is 3.68. The number of nitrogens with two attached hydrogens (primary N) is 1. The van der Waals surface area contributed by atoms with E-state index in [0.717, 1.165) is 28.6 Å². The van der Waals surface area contributed by atoms with Gasteiger partial charge in [-0.25, -0.2) is 4.98 Å². The van der Waals surface area contributed by atoms with Crippen LogP contribution in [0.15, 0.2) is 65.4 Å². The fourth-order valence-electron chi connectivity index (χ4n) is 3.21. The van der Waals surface area contributed by atoms with Gasteiger partial charge in [-0.1, -0.05) is 37.3 Å². The largest absolute Gasteiger partial charge is 0.446 e. The summed E-state index contributed by atoms with van der Waals surface area (Å²) < 4.78 is 5.48. The van der Waals surface area contributed by atoms with E-state index in [4.69, 9.17) is 10.2 Å². The van der Waals surface area contributed by atoms with Crippen molar-refractivity contribution in [1.29, 1.82) is 0 Å². The second-order valence-electron chi connectivity index (χ2n) is 6.75. The second kappa shape index (κ2) is 7.70. The number of oxazole rings is 1. The molecule has 4 N–H and O–H groups in total. The number of aromatic nitrogens is 2. The van der Waals surface area contributed by atoms with Crippen LogP contribution in [-0.2, 0) is 12.8 Å². The molecule has 1 atom stereocenters. The van der Waals surface area contributed by atoms with Crippen molar-refractivity contribution >= 4 is 22.5 Å². The SMILES string of the molecule is CCc1ccc(NC(=O)c2coc(C(N)Cc3c[nH]c4ccccc34)n2)cc1. The van der Waals surface area contributed by atoms with E-state index in [9.17, 15) is 4.79 Å².